The van der Waals surface area contributed by atoms with Crippen molar-refractivity contribution in [2.24, 2.45) is 14.1 Å². The molecule has 3 rings (SSSR count). The number of rotatable bonds is 7. The lowest BCUT2D eigenvalue weighted by atomic mass is 10.1. The Morgan fingerprint density at radius 1 is 0.962 bits per heavy atom. The summed E-state index contributed by atoms with van der Waals surface area (Å²) in [6.45, 7) is 3.65. The van der Waals surface area contributed by atoms with Crippen LogP contribution in [0.3, 0.4) is 0 Å². The Balaban J connectivity index is 1.84. The monoisotopic (exact) mass is 353 g/mol. The van der Waals surface area contributed by atoms with Gasteiger partial charge in [-0.2, -0.15) is 0 Å². The Hall–Kier alpha value is -2.44. The van der Waals surface area contributed by atoms with Crippen molar-refractivity contribution in [1.29, 1.82) is 0 Å². The van der Waals surface area contributed by atoms with Crippen LogP contribution in [0.5, 0.6) is 0 Å². The zero-order valence-corrected chi connectivity index (χ0v) is 16.0. The minimum Gasteiger partial charge on any atom is -0.308 e. The molecule has 0 amide bonds. The van der Waals surface area contributed by atoms with Crippen LogP contribution in [-0.4, -0.2) is 51.1 Å². The summed E-state index contributed by atoms with van der Waals surface area (Å²) in [6.07, 6.45) is 3.73. The maximum absolute atomic E-state index is 12.1. The number of aromatic nitrogens is 3. The van der Waals surface area contributed by atoms with Gasteiger partial charge in [-0.1, -0.05) is 12.1 Å². The predicted molar refractivity (Wildman–Crippen MR) is 105 cm³/mol. The second-order valence-electron chi connectivity index (χ2n) is 7.10. The quantitative estimate of drug-likeness (QED) is 0.650. The molecule has 0 N–H and O–H groups in total. The van der Waals surface area contributed by atoms with Gasteiger partial charge in [0.1, 0.15) is 0 Å². The number of likely N-dealkylation sites (N-methyl/N-ethyl adjacent to an activating group) is 1. The zero-order valence-electron chi connectivity index (χ0n) is 16.0. The molecule has 138 valence electrons. The lowest BCUT2D eigenvalue weighted by Crippen LogP contribution is -2.31. The molecule has 6 nitrogen and oxygen atoms in total. The van der Waals surface area contributed by atoms with Gasteiger partial charge >= 0.3 is 5.69 Å². The Labute approximate surface area is 154 Å². The summed E-state index contributed by atoms with van der Waals surface area (Å²) < 4.78 is 3.41. The van der Waals surface area contributed by atoms with Crippen molar-refractivity contribution in [3.63, 3.8) is 0 Å². The number of nitrogens with zero attached hydrogens (tertiary/aromatic N) is 5. The number of imidazole rings is 1. The average Bonchev–Trinajstić information content (AvgIpc) is 2.85. The minimum absolute atomic E-state index is 0.0111. The number of pyridine rings is 1. The van der Waals surface area contributed by atoms with Crippen LogP contribution >= 0.6 is 0 Å². The summed E-state index contributed by atoms with van der Waals surface area (Å²) in [7, 11) is 7.83. The van der Waals surface area contributed by atoms with Gasteiger partial charge in [0, 0.05) is 52.7 Å². The van der Waals surface area contributed by atoms with Gasteiger partial charge in [-0.05, 0) is 43.4 Å². The first-order chi connectivity index (χ1) is 12.5. The molecule has 0 aliphatic carbocycles. The molecular formula is C20H27N5O. The predicted octanol–water partition coefficient (Wildman–Crippen LogP) is 1.84. The van der Waals surface area contributed by atoms with Crippen LogP contribution in [0, 0.1) is 0 Å². The molecule has 3 aromatic rings. The van der Waals surface area contributed by atoms with E-state index in [9.17, 15) is 4.79 Å². The van der Waals surface area contributed by atoms with Crippen molar-refractivity contribution in [2.75, 3.05) is 27.2 Å². The third kappa shape index (κ3) is 4.03. The Morgan fingerprint density at radius 3 is 2.38 bits per heavy atom. The molecular weight excluding hydrogens is 326 g/mol. The molecule has 1 aromatic carbocycles. The number of benzene rings is 1. The first-order valence-corrected chi connectivity index (χ1v) is 8.86. The van der Waals surface area contributed by atoms with E-state index in [2.05, 4.69) is 47.1 Å². The van der Waals surface area contributed by atoms with Crippen molar-refractivity contribution in [2.45, 2.75) is 13.1 Å². The Bertz CT molecular complexity index is 927. The molecule has 26 heavy (non-hydrogen) atoms. The molecule has 0 aliphatic heterocycles. The summed E-state index contributed by atoms with van der Waals surface area (Å²) >= 11 is 0. The second kappa shape index (κ2) is 7.85. The van der Waals surface area contributed by atoms with Crippen LogP contribution in [0.2, 0.25) is 0 Å². The molecule has 0 saturated heterocycles. The fourth-order valence-electron chi connectivity index (χ4n) is 3.21. The second-order valence-corrected chi connectivity index (χ2v) is 7.10. The summed E-state index contributed by atoms with van der Waals surface area (Å²) in [4.78, 5) is 21.0. The molecule has 0 unspecified atom stereocenters. The van der Waals surface area contributed by atoms with Gasteiger partial charge < -0.3 is 4.90 Å². The van der Waals surface area contributed by atoms with E-state index in [-0.39, 0.29) is 5.69 Å². The summed E-state index contributed by atoms with van der Waals surface area (Å²) in [5.74, 6) is 0. The van der Waals surface area contributed by atoms with E-state index in [1.807, 2.05) is 32.4 Å². The van der Waals surface area contributed by atoms with Gasteiger partial charge in [0.2, 0.25) is 0 Å². The highest BCUT2D eigenvalue weighted by Gasteiger charge is 2.12. The molecule has 0 spiro atoms. The molecule has 2 aromatic heterocycles. The van der Waals surface area contributed by atoms with E-state index in [4.69, 9.17) is 0 Å². The molecule has 6 heteroatoms. The number of aryl methyl sites for hydroxylation is 2. The molecule has 0 radical (unpaired) electrons. The van der Waals surface area contributed by atoms with Crippen molar-refractivity contribution in [3.8, 4) is 0 Å². The van der Waals surface area contributed by atoms with Gasteiger partial charge in [-0.3, -0.25) is 19.0 Å². The zero-order chi connectivity index (χ0) is 18.7. The topological polar surface area (TPSA) is 46.3 Å². The van der Waals surface area contributed by atoms with Crippen LogP contribution in [0.1, 0.15) is 11.1 Å². The van der Waals surface area contributed by atoms with Gasteiger partial charge in [-0.15, -0.1) is 0 Å². The largest absolute Gasteiger partial charge is 0.328 e. The highest BCUT2D eigenvalue weighted by molar-refractivity contribution is 5.76. The maximum Gasteiger partial charge on any atom is 0.328 e. The molecule has 2 heterocycles. The standard InChI is InChI=1S/C20H27N5O/c1-22(2)10-11-25(15-17-6-5-9-21-13-17)14-16-7-8-18-19(12-16)24(4)20(26)23(18)3/h5-9,12-13H,10-11,14-15H2,1-4H3. The summed E-state index contributed by atoms with van der Waals surface area (Å²) in [6, 6.07) is 10.4. The highest BCUT2D eigenvalue weighted by Crippen LogP contribution is 2.16. The van der Waals surface area contributed by atoms with Crippen LogP contribution in [-0.2, 0) is 27.2 Å². The van der Waals surface area contributed by atoms with Crippen molar-refractivity contribution in [3.05, 3.63) is 64.3 Å². The van der Waals surface area contributed by atoms with Crippen molar-refractivity contribution < 1.29 is 0 Å². The third-order valence-corrected chi connectivity index (χ3v) is 4.73. The molecule has 0 atom stereocenters. The maximum atomic E-state index is 12.1. The number of hydrogen-bond acceptors (Lipinski definition) is 4. The van der Waals surface area contributed by atoms with Crippen molar-refractivity contribution in [1.82, 2.24) is 23.9 Å². The third-order valence-electron chi connectivity index (χ3n) is 4.73. The van der Waals surface area contributed by atoms with E-state index in [0.29, 0.717) is 0 Å². The van der Waals surface area contributed by atoms with Crippen LogP contribution in [0.25, 0.3) is 11.0 Å². The van der Waals surface area contributed by atoms with Gasteiger partial charge in [0.25, 0.3) is 0 Å². The van der Waals surface area contributed by atoms with E-state index in [1.54, 1.807) is 15.3 Å². The number of hydrogen-bond donors (Lipinski definition) is 0. The average molecular weight is 353 g/mol. The Morgan fingerprint density at radius 2 is 1.69 bits per heavy atom. The molecule has 0 fully saturated rings. The van der Waals surface area contributed by atoms with Gasteiger partial charge in [0.05, 0.1) is 11.0 Å². The first-order valence-electron chi connectivity index (χ1n) is 8.86. The normalized spacial score (nSPS) is 11.8. The lowest BCUT2D eigenvalue weighted by Gasteiger charge is -2.24. The first kappa shape index (κ1) is 18.4. The van der Waals surface area contributed by atoms with Crippen molar-refractivity contribution >= 4 is 11.0 Å². The summed E-state index contributed by atoms with van der Waals surface area (Å²) in [5, 5.41) is 0. The molecule has 0 saturated carbocycles. The van der Waals surface area contributed by atoms with Crippen LogP contribution in [0.15, 0.2) is 47.5 Å². The van der Waals surface area contributed by atoms with Gasteiger partial charge in [-0.25, -0.2) is 4.79 Å². The fourth-order valence-corrected chi connectivity index (χ4v) is 3.21. The SMILES string of the molecule is CN(C)CCN(Cc1cccnc1)Cc1ccc2c(c1)n(C)c(=O)n2C. The molecule has 0 bridgehead atoms. The van der Waals surface area contributed by atoms with Crippen LogP contribution < -0.4 is 5.69 Å². The van der Waals surface area contributed by atoms with E-state index in [1.165, 1.54) is 11.1 Å². The highest BCUT2D eigenvalue weighted by atomic mass is 16.1. The van der Waals surface area contributed by atoms with E-state index >= 15 is 0 Å². The summed E-state index contributed by atoms with van der Waals surface area (Å²) in [5.41, 5.74) is 4.37. The van der Waals surface area contributed by atoms with Gasteiger partial charge in [0.15, 0.2) is 0 Å². The van der Waals surface area contributed by atoms with Crippen LogP contribution in [0.4, 0.5) is 0 Å². The van der Waals surface area contributed by atoms with E-state index < -0.39 is 0 Å². The van der Waals surface area contributed by atoms with E-state index in [0.717, 1.165) is 37.2 Å². The minimum atomic E-state index is 0.0111. The Kier molecular flexibility index (Phi) is 5.54. The fraction of sp³-hybridized carbons (Fsp3) is 0.400. The smallest absolute Gasteiger partial charge is 0.308 e. The number of fused-ring (bicyclic) bond motifs is 1. The lowest BCUT2D eigenvalue weighted by molar-refractivity contribution is 0.226. The molecule has 0 aliphatic rings.